The quantitative estimate of drug-likeness (QED) is 0.750. The van der Waals surface area contributed by atoms with Crippen molar-refractivity contribution in [3.63, 3.8) is 0 Å². The summed E-state index contributed by atoms with van der Waals surface area (Å²) in [6, 6.07) is 8.92. The first-order valence-electron chi connectivity index (χ1n) is 5.85. The van der Waals surface area contributed by atoms with Crippen LogP contribution >= 0.6 is 0 Å². The summed E-state index contributed by atoms with van der Waals surface area (Å²) in [5.74, 6) is 0.589. The van der Waals surface area contributed by atoms with E-state index in [2.05, 4.69) is 69.2 Å². The molecule has 0 aromatic heterocycles. The zero-order chi connectivity index (χ0) is 12.1. The third-order valence-electron chi connectivity index (χ3n) is 2.72. The fourth-order valence-corrected chi connectivity index (χ4v) is 1.99. The molecule has 0 atom stereocenters. The van der Waals surface area contributed by atoms with E-state index < -0.39 is 0 Å². The molecule has 0 amide bonds. The SMILES string of the molecule is Cc1ccc(C(CN(C)C)CN(C)C)cc1. The smallest absolute Gasteiger partial charge is 0.00931 e. The van der Waals surface area contributed by atoms with E-state index in [0.717, 1.165) is 13.1 Å². The average Bonchev–Trinajstić information content (AvgIpc) is 2.16. The number of rotatable bonds is 5. The summed E-state index contributed by atoms with van der Waals surface area (Å²) < 4.78 is 0. The molecular weight excluding hydrogens is 196 g/mol. The Kier molecular flexibility index (Phi) is 4.97. The molecule has 2 nitrogen and oxygen atoms in total. The number of nitrogens with zero attached hydrogens (tertiary/aromatic N) is 2. The van der Waals surface area contributed by atoms with Crippen molar-refractivity contribution in [2.75, 3.05) is 41.3 Å². The molecule has 0 bridgehead atoms. The third kappa shape index (κ3) is 4.33. The van der Waals surface area contributed by atoms with Crippen LogP contribution in [-0.2, 0) is 0 Å². The number of likely N-dealkylation sites (N-methyl/N-ethyl adjacent to an activating group) is 2. The molecule has 0 aliphatic heterocycles. The van der Waals surface area contributed by atoms with Crippen LogP contribution in [0.3, 0.4) is 0 Å². The van der Waals surface area contributed by atoms with Gasteiger partial charge in [-0.15, -0.1) is 0 Å². The molecule has 0 saturated carbocycles. The third-order valence-corrected chi connectivity index (χ3v) is 2.72. The second kappa shape index (κ2) is 6.02. The van der Waals surface area contributed by atoms with Gasteiger partial charge in [0.05, 0.1) is 0 Å². The molecule has 1 aromatic carbocycles. The second-order valence-electron chi connectivity index (χ2n) is 5.13. The highest BCUT2D eigenvalue weighted by Crippen LogP contribution is 2.18. The summed E-state index contributed by atoms with van der Waals surface area (Å²) in [7, 11) is 8.54. The number of hydrogen-bond acceptors (Lipinski definition) is 2. The summed E-state index contributed by atoms with van der Waals surface area (Å²) in [6.45, 7) is 4.33. The first-order chi connectivity index (χ1) is 7.49. The molecule has 0 aliphatic carbocycles. The molecule has 0 aliphatic rings. The van der Waals surface area contributed by atoms with Crippen molar-refractivity contribution in [3.05, 3.63) is 35.4 Å². The molecule has 0 saturated heterocycles. The van der Waals surface area contributed by atoms with E-state index in [4.69, 9.17) is 0 Å². The molecule has 0 unspecified atom stereocenters. The van der Waals surface area contributed by atoms with Crippen LogP contribution in [0.2, 0.25) is 0 Å². The lowest BCUT2D eigenvalue weighted by atomic mass is 9.97. The van der Waals surface area contributed by atoms with Crippen LogP contribution < -0.4 is 0 Å². The molecule has 0 radical (unpaired) electrons. The molecular formula is C14H24N2. The molecule has 0 heterocycles. The van der Waals surface area contributed by atoms with Crippen LogP contribution in [0, 0.1) is 6.92 Å². The Morgan fingerprint density at radius 2 is 1.31 bits per heavy atom. The Labute approximate surface area is 99.9 Å². The van der Waals surface area contributed by atoms with Gasteiger partial charge in [0.25, 0.3) is 0 Å². The lowest BCUT2D eigenvalue weighted by Crippen LogP contribution is -2.28. The fourth-order valence-electron chi connectivity index (χ4n) is 1.99. The maximum absolute atomic E-state index is 2.26. The van der Waals surface area contributed by atoms with Gasteiger partial charge in [0.1, 0.15) is 0 Å². The van der Waals surface area contributed by atoms with Gasteiger partial charge in [0.15, 0.2) is 0 Å². The predicted molar refractivity (Wildman–Crippen MR) is 71.0 cm³/mol. The summed E-state index contributed by atoms with van der Waals surface area (Å²) in [4.78, 5) is 4.52. The van der Waals surface area contributed by atoms with E-state index in [1.54, 1.807) is 0 Å². The van der Waals surface area contributed by atoms with Crippen LogP contribution in [0.1, 0.15) is 17.0 Å². The van der Waals surface area contributed by atoms with Crippen molar-refractivity contribution >= 4 is 0 Å². The van der Waals surface area contributed by atoms with Crippen LogP contribution in [-0.4, -0.2) is 51.1 Å². The van der Waals surface area contributed by atoms with E-state index >= 15 is 0 Å². The lowest BCUT2D eigenvalue weighted by molar-refractivity contribution is 0.308. The van der Waals surface area contributed by atoms with Gasteiger partial charge in [-0.1, -0.05) is 29.8 Å². The Morgan fingerprint density at radius 3 is 1.69 bits per heavy atom. The van der Waals surface area contributed by atoms with Gasteiger partial charge in [0, 0.05) is 19.0 Å². The van der Waals surface area contributed by atoms with Crippen LogP contribution in [0.4, 0.5) is 0 Å². The molecule has 1 rings (SSSR count). The van der Waals surface area contributed by atoms with E-state index in [0.29, 0.717) is 5.92 Å². The first kappa shape index (κ1) is 13.2. The van der Waals surface area contributed by atoms with Crippen LogP contribution in [0.5, 0.6) is 0 Å². The lowest BCUT2D eigenvalue weighted by Gasteiger charge is -2.24. The van der Waals surface area contributed by atoms with Gasteiger partial charge in [-0.25, -0.2) is 0 Å². The normalized spacial score (nSPS) is 11.8. The van der Waals surface area contributed by atoms with Crippen LogP contribution in [0.25, 0.3) is 0 Å². The first-order valence-corrected chi connectivity index (χ1v) is 5.85. The summed E-state index contributed by atoms with van der Waals surface area (Å²) in [6.07, 6.45) is 0. The van der Waals surface area contributed by atoms with Gasteiger partial charge >= 0.3 is 0 Å². The van der Waals surface area contributed by atoms with Gasteiger partial charge in [-0.3, -0.25) is 0 Å². The van der Waals surface area contributed by atoms with Crippen LogP contribution in [0.15, 0.2) is 24.3 Å². The van der Waals surface area contributed by atoms with Crippen molar-refractivity contribution in [1.82, 2.24) is 9.80 Å². The van der Waals surface area contributed by atoms with E-state index in [1.165, 1.54) is 11.1 Å². The number of hydrogen-bond donors (Lipinski definition) is 0. The molecule has 0 spiro atoms. The second-order valence-corrected chi connectivity index (χ2v) is 5.13. The average molecular weight is 220 g/mol. The zero-order valence-corrected chi connectivity index (χ0v) is 11.2. The Balaban J connectivity index is 2.78. The molecule has 16 heavy (non-hydrogen) atoms. The van der Waals surface area contributed by atoms with Gasteiger partial charge in [-0.05, 0) is 40.7 Å². The molecule has 0 fully saturated rings. The van der Waals surface area contributed by atoms with Crippen molar-refractivity contribution in [2.45, 2.75) is 12.8 Å². The van der Waals surface area contributed by atoms with E-state index in [9.17, 15) is 0 Å². The number of benzene rings is 1. The van der Waals surface area contributed by atoms with Crippen molar-refractivity contribution < 1.29 is 0 Å². The number of aryl methyl sites for hydroxylation is 1. The Bertz CT molecular complexity index is 291. The zero-order valence-electron chi connectivity index (χ0n) is 11.2. The minimum Gasteiger partial charge on any atom is -0.309 e. The van der Waals surface area contributed by atoms with Crippen molar-refractivity contribution in [2.24, 2.45) is 0 Å². The topological polar surface area (TPSA) is 6.48 Å². The highest BCUT2D eigenvalue weighted by Gasteiger charge is 2.13. The fraction of sp³-hybridized carbons (Fsp3) is 0.571. The summed E-state index contributed by atoms with van der Waals surface area (Å²) in [5.41, 5.74) is 2.77. The largest absolute Gasteiger partial charge is 0.309 e. The Hall–Kier alpha value is -0.860. The summed E-state index contributed by atoms with van der Waals surface area (Å²) in [5, 5.41) is 0. The molecule has 1 aromatic rings. The minimum absolute atomic E-state index is 0.589. The highest BCUT2D eigenvalue weighted by molar-refractivity contribution is 5.25. The monoisotopic (exact) mass is 220 g/mol. The van der Waals surface area contributed by atoms with Gasteiger partial charge in [0.2, 0.25) is 0 Å². The van der Waals surface area contributed by atoms with Crippen molar-refractivity contribution in [1.29, 1.82) is 0 Å². The van der Waals surface area contributed by atoms with Crippen molar-refractivity contribution in [3.8, 4) is 0 Å². The molecule has 0 N–H and O–H groups in total. The van der Waals surface area contributed by atoms with Gasteiger partial charge < -0.3 is 9.80 Å². The van der Waals surface area contributed by atoms with Gasteiger partial charge in [-0.2, -0.15) is 0 Å². The Morgan fingerprint density at radius 1 is 0.875 bits per heavy atom. The van der Waals surface area contributed by atoms with E-state index in [-0.39, 0.29) is 0 Å². The minimum atomic E-state index is 0.589. The molecule has 2 heteroatoms. The highest BCUT2D eigenvalue weighted by atomic mass is 15.1. The maximum atomic E-state index is 2.26. The standard InChI is InChI=1S/C14H24N2/c1-12-6-8-13(9-7-12)14(10-15(2)3)11-16(4)5/h6-9,14H,10-11H2,1-5H3. The summed E-state index contributed by atoms with van der Waals surface area (Å²) >= 11 is 0. The predicted octanol–water partition coefficient (Wildman–Crippen LogP) is 2.20. The molecule has 90 valence electrons. The van der Waals surface area contributed by atoms with E-state index in [1.807, 2.05) is 0 Å². The maximum Gasteiger partial charge on any atom is 0.00931 e.